The van der Waals surface area contributed by atoms with Crippen molar-refractivity contribution >= 4 is 5.91 Å². The number of carbonyl (C=O) groups excluding carboxylic acids is 1. The van der Waals surface area contributed by atoms with Crippen molar-refractivity contribution in [2.24, 2.45) is 0 Å². The van der Waals surface area contributed by atoms with E-state index in [4.69, 9.17) is 4.42 Å². The van der Waals surface area contributed by atoms with E-state index in [1.165, 1.54) is 18.1 Å². The number of hydrogen-bond donors (Lipinski definition) is 0. The van der Waals surface area contributed by atoms with E-state index in [-0.39, 0.29) is 5.91 Å². The third-order valence-electron chi connectivity index (χ3n) is 3.72. The molecule has 0 saturated carbocycles. The first-order chi connectivity index (χ1) is 9.65. The van der Waals surface area contributed by atoms with Crippen molar-refractivity contribution in [2.75, 3.05) is 13.1 Å². The first-order valence-electron chi connectivity index (χ1n) is 6.79. The molecule has 0 N–H and O–H groups in total. The van der Waals surface area contributed by atoms with Gasteiger partial charge in [-0.15, -0.1) is 0 Å². The van der Waals surface area contributed by atoms with E-state index in [1.54, 1.807) is 6.07 Å². The Kier molecular flexibility index (Phi) is 3.26. The van der Waals surface area contributed by atoms with Crippen LogP contribution >= 0.6 is 0 Å². The highest BCUT2D eigenvalue weighted by molar-refractivity contribution is 5.93. The van der Waals surface area contributed by atoms with E-state index in [9.17, 15) is 4.79 Å². The molecule has 0 aliphatic carbocycles. The third kappa shape index (κ3) is 2.31. The van der Waals surface area contributed by atoms with Gasteiger partial charge in [-0.2, -0.15) is 0 Å². The van der Waals surface area contributed by atoms with Gasteiger partial charge in [0.05, 0.1) is 11.8 Å². The number of hydrogen-bond acceptors (Lipinski definition) is 4. The number of furan rings is 1. The summed E-state index contributed by atoms with van der Waals surface area (Å²) in [5, 5.41) is 0. The van der Waals surface area contributed by atoms with Gasteiger partial charge in [-0.3, -0.25) is 4.79 Å². The Morgan fingerprint density at radius 2 is 2.05 bits per heavy atom. The van der Waals surface area contributed by atoms with Crippen LogP contribution in [-0.2, 0) is 12.8 Å². The number of carbonyl (C=O) groups is 1. The van der Waals surface area contributed by atoms with Gasteiger partial charge in [-0.05, 0) is 31.9 Å². The second-order valence-electron chi connectivity index (χ2n) is 5.09. The lowest BCUT2D eigenvalue weighted by atomic mass is 10.1. The van der Waals surface area contributed by atoms with Crippen molar-refractivity contribution in [1.29, 1.82) is 0 Å². The number of aromatic nitrogens is 2. The maximum Gasteiger partial charge on any atom is 0.257 e. The fourth-order valence-electron chi connectivity index (χ4n) is 2.71. The van der Waals surface area contributed by atoms with Gasteiger partial charge in [-0.1, -0.05) is 0 Å². The molecule has 0 unspecified atom stereocenters. The Hall–Kier alpha value is -2.17. The maximum absolute atomic E-state index is 12.3. The molecule has 3 heterocycles. The summed E-state index contributed by atoms with van der Waals surface area (Å²) in [5.41, 5.74) is 3.91. The third-order valence-corrected chi connectivity index (χ3v) is 3.72. The molecule has 5 heteroatoms. The summed E-state index contributed by atoms with van der Waals surface area (Å²) in [5.74, 6) is 0.824. The lowest BCUT2D eigenvalue weighted by molar-refractivity contribution is 0.0762. The van der Waals surface area contributed by atoms with Crippen LogP contribution in [0.25, 0.3) is 0 Å². The van der Waals surface area contributed by atoms with Gasteiger partial charge >= 0.3 is 0 Å². The summed E-state index contributed by atoms with van der Waals surface area (Å²) < 4.78 is 4.98. The zero-order chi connectivity index (χ0) is 14.1. The number of amides is 1. The van der Waals surface area contributed by atoms with Gasteiger partial charge in [0.1, 0.15) is 12.1 Å². The monoisotopic (exact) mass is 271 g/mol. The summed E-state index contributed by atoms with van der Waals surface area (Å²) in [6.07, 6.45) is 4.61. The molecule has 0 spiro atoms. The lowest BCUT2D eigenvalue weighted by Gasteiger charge is -2.19. The lowest BCUT2D eigenvalue weighted by Crippen LogP contribution is -2.33. The molecule has 0 fully saturated rings. The van der Waals surface area contributed by atoms with Crippen LogP contribution in [0.15, 0.2) is 23.0 Å². The van der Waals surface area contributed by atoms with E-state index >= 15 is 0 Å². The highest BCUT2D eigenvalue weighted by atomic mass is 16.3. The van der Waals surface area contributed by atoms with Crippen molar-refractivity contribution in [1.82, 2.24) is 14.9 Å². The predicted octanol–water partition coefficient (Wildman–Crippen LogP) is 1.93. The Bertz CT molecular complexity index is 635. The van der Waals surface area contributed by atoms with E-state index < -0.39 is 0 Å². The molecule has 0 atom stereocenters. The van der Waals surface area contributed by atoms with Crippen LogP contribution in [-0.4, -0.2) is 33.9 Å². The smallest absolute Gasteiger partial charge is 0.257 e. The van der Waals surface area contributed by atoms with E-state index in [2.05, 4.69) is 9.97 Å². The molecule has 1 aliphatic heterocycles. The van der Waals surface area contributed by atoms with Crippen LogP contribution in [0, 0.1) is 13.8 Å². The molecule has 0 saturated heterocycles. The Labute approximate surface area is 117 Å². The van der Waals surface area contributed by atoms with Crippen molar-refractivity contribution in [3.05, 3.63) is 46.9 Å². The molecule has 2 aromatic heterocycles. The van der Waals surface area contributed by atoms with Crippen molar-refractivity contribution < 1.29 is 9.21 Å². The largest absolute Gasteiger partial charge is 0.472 e. The van der Waals surface area contributed by atoms with Crippen LogP contribution in [0.4, 0.5) is 0 Å². The molecule has 5 nitrogen and oxygen atoms in total. The van der Waals surface area contributed by atoms with Crippen molar-refractivity contribution in [3.8, 4) is 0 Å². The second kappa shape index (κ2) is 5.07. The topological polar surface area (TPSA) is 59.2 Å². The Morgan fingerprint density at radius 3 is 2.80 bits per heavy atom. The standard InChI is InChI=1S/C15H17N3O2/c1-10-13-3-6-18(15(19)12-5-8-20-9-12)7-4-14(13)17-11(2)16-10/h5,8-9H,3-4,6-7H2,1-2H3. The highest BCUT2D eigenvalue weighted by Crippen LogP contribution is 2.18. The van der Waals surface area contributed by atoms with Gasteiger partial charge in [-0.25, -0.2) is 9.97 Å². The van der Waals surface area contributed by atoms with Crippen LogP contribution in [0.2, 0.25) is 0 Å². The fourth-order valence-corrected chi connectivity index (χ4v) is 2.71. The first-order valence-corrected chi connectivity index (χ1v) is 6.79. The molecule has 1 aliphatic rings. The molecule has 20 heavy (non-hydrogen) atoms. The summed E-state index contributed by atoms with van der Waals surface area (Å²) >= 11 is 0. The summed E-state index contributed by atoms with van der Waals surface area (Å²) in [6.45, 7) is 5.31. The average Bonchev–Trinajstić information content (AvgIpc) is 2.85. The molecule has 0 bridgehead atoms. The van der Waals surface area contributed by atoms with Gasteiger partial charge in [0.15, 0.2) is 0 Å². The van der Waals surface area contributed by atoms with E-state index in [0.717, 1.165) is 30.1 Å². The minimum Gasteiger partial charge on any atom is -0.472 e. The number of nitrogens with zero attached hydrogens (tertiary/aromatic N) is 3. The molecule has 0 radical (unpaired) electrons. The Morgan fingerprint density at radius 1 is 1.25 bits per heavy atom. The zero-order valence-electron chi connectivity index (χ0n) is 11.7. The van der Waals surface area contributed by atoms with Gasteiger partial charge < -0.3 is 9.32 Å². The van der Waals surface area contributed by atoms with Gasteiger partial charge in [0.2, 0.25) is 0 Å². The quantitative estimate of drug-likeness (QED) is 0.795. The van der Waals surface area contributed by atoms with Crippen LogP contribution < -0.4 is 0 Å². The SMILES string of the molecule is Cc1nc(C)c2c(n1)CCN(C(=O)c1ccoc1)CC2. The molecular formula is C15H17N3O2. The second-order valence-corrected chi connectivity index (χ2v) is 5.09. The maximum atomic E-state index is 12.3. The van der Waals surface area contributed by atoms with Gasteiger partial charge in [0, 0.05) is 30.9 Å². The molecule has 3 rings (SSSR count). The number of fused-ring (bicyclic) bond motifs is 1. The van der Waals surface area contributed by atoms with Crippen LogP contribution in [0.5, 0.6) is 0 Å². The minimum absolute atomic E-state index is 0.0221. The molecule has 0 aromatic carbocycles. The van der Waals surface area contributed by atoms with Gasteiger partial charge in [0.25, 0.3) is 5.91 Å². The molecule has 104 valence electrons. The Balaban J connectivity index is 1.82. The summed E-state index contributed by atoms with van der Waals surface area (Å²) in [4.78, 5) is 23.2. The molecule has 2 aromatic rings. The summed E-state index contributed by atoms with van der Waals surface area (Å²) in [6, 6.07) is 1.70. The minimum atomic E-state index is 0.0221. The predicted molar refractivity (Wildman–Crippen MR) is 73.5 cm³/mol. The van der Waals surface area contributed by atoms with Crippen molar-refractivity contribution in [2.45, 2.75) is 26.7 Å². The molecular weight excluding hydrogens is 254 g/mol. The first kappa shape index (κ1) is 12.8. The molecule has 1 amide bonds. The number of rotatable bonds is 1. The fraction of sp³-hybridized carbons (Fsp3) is 0.400. The average molecular weight is 271 g/mol. The van der Waals surface area contributed by atoms with E-state index in [0.29, 0.717) is 18.7 Å². The summed E-state index contributed by atoms with van der Waals surface area (Å²) in [7, 11) is 0. The van der Waals surface area contributed by atoms with Crippen LogP contribution in [0.3, 0.4) is 0 Å². The van der Waals surface area contributed by atoms with Crippen LogP contribution in [0.1, 0.15) is 33.1 Å². The van der Waals surface area contributed by atoms with E-state index in [1.807, 2.05) is 18.7 Å². The zero-order valence-corrected chi connectivity index (χ0v) is 11.7. The number of aryl methyl sites for hydroxylation is 2. The van der Waals surface area contributed by atoms with Crippen molar-refractivity contribution in [3.63, 3.8) is 0 Å². The highest BCUT2D eigenvalue weighted by Gasteiger charge is 2.22. The normalized spacial score (nSPS) is 14.8.